The molecule has 0 spiro atoms. The fourth-order valence-electron chi connectivity index (χ4n) is 3.24. The van der Waals surface area contributed by atoms with E-state index in [4.69, 9.17) is 21.1 Å². The summed E-state index contributed by atoms with van der Waals surface area (Å²) in [5.74, 6) is -0.636. The van der Waals surface area contributed by atoms with E-state index < -0.39 is 21.7 Å². The quantitative estimate of drug-likeness (QED) is 0.628. The lowest BCUT2D eigenvalue weighted by Gasteiger charge is -2.27. The van der Waals surface area contributed by atoms with Crippen molar-refractivity contribution >= 4 is 33.2 Å². The summed E-state index contributed by atoms with van der Waals surface area (Å²) in [7, 11) is -3.77. The number of ether oxygens (including phenoxy) is 2. The summed E-state index contributed by atoms with van der Waals surface area (Å²) in [6.07, 6.45) is 2.62. The second-order valence-electron chi connectivity index (χ2n) is 6.97. The zero-order chi connectivity index (χ0) is 22.4. The van der Waals surface area contributed by atoms with Crippen LogP contribution in [0.1, 0.15) is 26.2 Å². The molecular weight excluding hydrogens is 447 g/mol. The first-order valence-electron chi connectivity index (χ1n) is 9.96. The molecule has 1 aliphatic rings. The smallest absolute Gasteiger partial charge is 0.262 e. The minimum atomic E-state index is -3.77. The lowest BCUT2D eigenvalue weighted by Crippen LogP contribution is -2.35. The number of nitrogens with zero attached hydrogens (tertiary/aromatic N) is 1. The van der Waals surface area contributed by atoms with E-state index in [1.54, 1.807) is 13.0 Å². The minimum absolute atomic E-state index is 0.0107. The number of hydrogen-bond donors (Lipinski definition) is 1. The highest BCUT2D eigenvalue weighted by Crippen LogP contribution is 2.31. The summed E-state index contributed by atoms with van der Waals surface area (Å²) in [5, 5.41) is 2.65. The van der Waals surface area contributed by atoms with Crippen molar-refractivity contribution in [1.29, 1.82) is 0 Å². The van der Waals surface area contributed by atoms with Crippen molar-refractivity contribution in [1.82, 2.24) is 4.31 Å². The first kappa shape index (κ1) is 23.3. The second-order valence-corrected chi connectivity index (χ2v) is 9.28. The summed E-state index contributed by atoms with van der Waals surface area (Å²) >= 11 is 5.88. The first-order valence-corrected chi connectivity index (χ1v) is 11.8. The van der Waals surface area contributed by atoms with Crippen molar-refractivity contribution in [2.75, 3.05) is 31.6 Å². The Morgan fingerprint density at radius 2 is 1.81 bits per heavy atom. The van der Waals surface area contributed by atoms with Gasteiger partial charge in [0.25, 0.3) is 5.91 Å². The van der Waals surface area contributed by atoms with Crippen LogP contribution in [0.5, 0.6) is 11.5 Å². The van der Waals surface area contributed by atoms with Gasteiger partial charge in [0.1, 0.15) is 22.2 Å². The average molecular weight is 471 g/mol. The summed E-state index contributed by atoms with van der Waals surface area (Å²) in [6.45, 7) is 2.60. The number of hydrogen-bond acceptors (Lipinski definition) is 5. The number of rotatable bonds is 8. The van der Waals surface area contributed by atoms with Gasteiger partial charge in [-0.15, -0.1) is 0 Å². The Balaban J connectivity index is 1.75. The summed E-state index contributed by atoms with van der Waals surface area (Å²) < 4.78 is 51.7. The van der Waals surface area contributed by atoms with E-state index in [1.807, 2.05) is 0 Å². The van der Waals surface area contributed by atoms with Crippen molar-refractivity contribution < 1.29 is 27.1 Å². The Kier molecular flexibility index (Phi) is 7.74. The lowest BCUT2D eigenvalue weighted by molar-refractivity contribution is -0.118. The molecule has 31 heavy (non-hydrogen) atoms. The largest absolute Gasteiger partial charge is 0.492 e. The Hall–Kier alpha value is -2.36. The fraction of sp³-hybridized carbons (Fsp3) is 0.381. The summed E-state index contributed by atoms with van der Waals surface area (Å²) in [5.41, 5.74) is 0.290. The van der Waals surface area contributed by atoms with E-state index in [0.717, 1.165) is 25.3 Å². The minimum Gasteiger partial charge on any atom is -0.492 e. The molecule has 0 atom stereocenters. The van der Waals surface area contributed by atoms with E-state index in [1.165, 1.54) is 28.6 Å². The molecule has 2 aromatic rings. The van der Waals surface area contributed by atoms with Crippen LogP contribution < -0.4 is 14.8 Å². The van der Waals surface area contributed by atoms with Crippen molar-refractivity contribution in [3.8, 4) is 11.5 Å². The van der Waals surface area contributed by atoms with E-state index in [0.29, 0.717) is 19.7 Å². The molecule has 168 valence electrons. The lowest BCUT2D eigenvalue weighted by atomic mass is 10.2. The third kappa shape index (κ3) is 5.87. The molecule has 0 unspecified atom stereocenters. The number of sulfonamides is 1. The predicted molar refractivity (Wildman–Crippen MR) is 116 cm³/mol. The van der Waals surface area contributed by atoms with Crippen molar-refractivity contribution in [3.05, 3.63) is 47.2 Å². The molecule has 1 N–H and O–H groups in total. The van der Waals surface area contributed by atoms with Crippen LogP contribution in [0.4, 0.5) is 10.1 Å². The van der Waals surface area contributed by atoms with E-state index >= 15 is 0 Å². The highest BCUT2D eigenvalue weighted by molar-refractivity contribution is 7.89. The van der Waals surface area contributed by atoms with Crippen LogP contribution in [0.2, 0.25) is 5.02 Å². The maximum atomic E-state index is 13.2. The van der Waals surface area contributed by atoms with Gasteiger partial charge in [0, 0.05) is 18.8 Å². The van der Waals surface area contributed by atoms with E-state index in [-0.39, 0.29) is 33.7 Å². The van der Waals surface area contributed by atoms with E-state index in [9.17, 15) is 17.6 Å². The Morgan fingerprint density at radius 3 is 2.48 bits per heavy atom. The van der Waals surface area contributed by atoms with Crippen molar-refractivity contribution in [2.45, 2.75) is 31.1 Å². The Bertz CT molecular complexity index is 1040. The molecule has 1 heterocycles. The molecule has 0 aliphatic carbocycles. The Labute approximate surface area is 186 Å². The molecule has 1 aliphatic heterocycles. The molecule has 0 bridgehead atoms. The molecule has 2 aromatic carbocycles. The number of benzene rings is 2. The van der Waals surface area contributed by atoms with Gasteiger partial charge in [0.15, 0.2) is 6.61 Å². The Morgan fingerprint density at radius 1 is 1.10 bits per heavy atom. The molecule has 0 aromatic heterocycles. The monoisotopic (exact) mass is 470 g/mol. The van der Waals surface area contributed by atoms with Crippen molar-refractivity contribution in [3.63, 3.8) is 0 Å². The first-order chi connectivity index (χ1) is 14.8. The van der Waals surface area contributed by atoms with Gasteiger partial charge >= 0.3 is 0 Å². The number of halogens is 2. The molecule has 3 rings (SSSR count). The highest BCUT2D eigenvalue weighted by atomic mass is 35.5. The zero-order valence-corrected chi connectivity index (χ0v) is 18.6. The maximum Gasteiger partial charge on any atom is 0.262 e. The summed E-state index contributed by atoms with van der Waals surface area (Å²) in [4.78, 5) is 12.3. The van der Waals surface area contributed by atoms with E-state index in [2.05, 4.69) is 5.32 Å². The van der Waals surface area contributed by atoms with Gasteiger partial charge < -0.3 is 14.8 Å². The molecule has 0 radical (unpaired) electrons. The SMILES string of the molecule is CCOc1ccc(NC(=O)COc2ccc(F)cc2Cl)cc1S(=O)(=O)N1CCCCC1. The number of anilines is 1. The molecule has 7 nitrogen and oxygen atoms in total. The van der Waals surface area contributed by atoms with Crippen LogP contribution in [0, 0.1) is 5.82 Å². The highest BCUT2D eigenvalue weighted by Gasteiger charge is 2.29. The van der Waals surface area contributed by atoms with Gasteiger partial charge in [0.05, 0.1) is 11.6 Å². The standard InChI is InChI=1S/C21H24ClFN2O5S/c1-2-29-19-9-7-16(13-20(19)31(27,28)25-10-4-3-5-11-25)24-21(26)14-30-18-8-6-15(23)12-17(18)22/h6-9,12-13H,2-5,10-11,14H2,1H3,(H,24,26). The normalized spacial score (nSPS) is 14.8. The predicted octanol–water partition coefficient (Wildman–Crippen LogP) is 4.07. The molecule has 0 saturated carbocycles. The molecular formula is C21H24ClFN2O5S. The van der Waals surface area contributed by atoms with Gasteiger partial charge in [-0.05, 0) is 56.2 Å². The van der Waals surface area contributed by atoms with Gasteiger partial charge in [0.2, 0.25) is 10.0 Å². The molecule has 10 heteroatoms. The third-order valence-corrected chi connectivity index (χ3v) is 6.93. The number of nitrogens with one attached hydrogen (secondary N) is 1. The fourth-order valence-corrected chi connectivity index (χ4v) is 5.14. The van der Waals surface area contributed by atoms with Crippen LogP contribution in [-0.4, -0.2) is 44.9 Å². The van der Waals surface area contributed by atoms with Gasteiger partial charge in [-0.2, -0.15) is 4.31 Å². The van der Waals surface area contributed by atoms with Gasteiger partial charge in [-0.25, -0.2) is 12.8 Å². The van der Waals surface area contributed by atoms with Gasteiger partial charge in [-0.3, -0.25) is 4.79 Å². The van der Waals surface area contributed by atoms with Crippen LogP contribution in [0.25, 0.3) is 0 Å². The number of piperidine rings is 1. The number of carbonyl (C=O) groups excluding carboxylic acids is 1. The molecule has 1 amide bonds. The second kappa shape index (κ2) is 10.3. The van der Waals surface area contributed by atoms with Crippen LogP contribution in [0.15, 0.2) is 41.3 Å². The molecule has 1 saturated heterocycles. The van der Waals surface area contributed by atoms with Crippen molar-refractivity contribution in [2.24, 2.45) is 0 Å². The van der Waals surface area contributed by atoms with Crippen LogP contribution in [-0.2, 0) is 14.8 Å². The van der Waals surface area contributed by atoms with Crippen LogP contribution >= 0.6 is 11.6 Å². The third-order valence-electron chi connectivity index (χ3n) is 4.71. The molecule has 1 fully saturated rings. The average Bonchev–Trinajstić information content (AvgIpc) is 2.75. The number of amides is 1. The number of carbonyl (C=O) groups is 1. The summed E-state index contributed by atoms with van der Waals surface area (Å²) in [6, 6.07) is 8.04. The van der Waals surface area contributed by atoms with Crippen LogP contribution in [0.3, 0.4) is 0 Å². The van der Waals surface area contributed by atoms with Gasteiger partial charge in [-0.1, -0.05) is 18.0 Å². The topological polar surface area (TPSA) is 84.9 Å². The maximum absolute atomic E-state index is 13.2. The zero-order valence-electron chi connectivity index (χ0n) is 17.1.